The molecule has 2 aromatic rings. The summed E-state index contributed by atoms with van der Waals surface area (Å²) in [6.07, 6.45) is 1.59. The van der Waals surface area contributed by atoms with Crippen molar-refractivity contribution in [2.24, 2.45) is 0 Å². The van der Waals surface area contributed by atoms with Crippen LogP contribution in [0.1, 0.15) is 43.1 Å². The van der Waals surface area contributed by atoms with Gasteiger partial charge < -0.3 is 14.4 Å². The number of ether oxygens (including phenoxy) is 1. The molecule has 1 aromatic carbocycles. The van der Waals surface area contributed by atoms with Gasteiger partial charge in [0.15, 0.2) is 5.75 Å². The molecule has 1 aliphatic carbocycles. The average molecular weight is 368 g/mol. The lowest BCUT2D eigenvalue weighted by Crippen LogP contribution is -2.22. The molecule has 8 nitrogen and oxygen atoms in total. The van der Waals surface area contributed by atoms with Crippen molar-refractivity contribution in [1.82, 2.24) is 4.57 Å². The number of hydrogen-bond donors (Lipinski definition) is 1. The predicted molar refractivity (Wildman–Crippen MR) is 85.8 cm³/mol. The summed E-state index contributed by atoms with van der Waals surface area (Å²) in [4.78, 5) is 34.0. The first-order chi connectivity index (χ1) is 12.1. The Morgan fingerprint density at radius 3 is 2.46 bits per heavy atom. The first kappa shape index (κ1) is 17.8. The average Bonchev–Trinajstić information content (AvgIpc) is 3.36. The van der Waals surface area contributed by atoms with Gasteiger partial charge in [0.1, 0.15) is 16.5 Å². The second kappa shape index (κ2) is 6.04. The van der Waals surface area contributed by atoms with Gasteiger partial charge in [-0.2, -0.15) is 8.78 Å². The molecule has 0 aliphatic heterocycles. The number of rotatable bonds is 5. The number of nitro benzene ring substituents is 1. The van der Waals surface area contributed by atoms with E-state index in [1.165, 1.54) is 18.4 Å². The molecule has 0 unspecified atom stereocenters. The van der Waals surface area contributed by atoms with Crippen LogP contribution in [0.3, 0.4) is 0 Å². The largest absolute Gasteiger partial charge is 0.486 e. The Labute approximate surface area is 144 Å². The molecule has 0 atom stereocenters. The molecular formula is C16H14F2N2O6. The second-order valence-electron chi connectivity index (χ2n) is 6.27. The van der Waals surface area contributed by atoms with Crippen molar-refractivity contribution in [3.63, 3.8) is 0 Å². The zero-order valence-corrected chi connectivity index (χ0v) is 13.8. The van der Waals surface area contributed by atoms with Crippen LogP contribution >= 0.6 is 0 Å². The van der Waals surface area contributed by atoms with Gasteiger partial charge in [0, 0.05) is 12.2 Å². The fourth-order valence-electron chi connectivity index (χ4n) is 2.81. The molecule has 138 valence electrons. The van der Waals surface area contributed by atoms with Gasteiger partial charge in [0.25, 0.3) is 0 Å². The first-order valence-electron chi connectivity index (χ1n) is 7.79. The smallest absolute Gasteiger partial charge is 0.341 e. The van der Waals surface area contributed by atoms with Crippen molar-refractivity contribution >= 4 is 22.6 Å². The Kier molecular flexibility index (Phi) is 4.13. The fourth-order valence-corrected chi connectivity index (χ4v) is 2.81. The Morgan fingerprint density at radius 1 is 1.38 bits per heavy atom. The van der Waals surface area contributed by atoms with E-state index in [4.69, 9.17) is 4.74 Å². The molecule has 10 heteroatoms. The van der Waals surface area contributed by atoms with Crippen LogP contribution in [0.15, 0.2) is 11.0 Å². The second-order valence-corrected chi connectivity index (χ2v) is 6.27. The van der Waals surface area contributed by atoms with Gasteiger partial charge in [0.2, 0.25) is 17.1 Å². The third kappa shape index (κ3) is 2.67. The zero-order chi connectivity index (χ0) is 19.3. The van der Waals surface area contributed by atoms with Gasteiger partial charge in [-0.05, 0) is 26.7 Å². The van der Waals surface area contributed by atoms with Crippen LogP contribution in [0.4, 0.5) is 14.5 Å². The Bertz CT molecular complexity index is 1010. The van der Waals surface area contributed by atoms with Crippen molar-refractivity contribution in [3.05, 3.63) is 43.7 Å². The van der Waals surface area contributed by atoms with Crippen molar-refractivity contribution in [2.75, 3.05) is 0 Å². The van der Waals surface area contributed by atoms with E-state index in [0.717, 1.165) is 6.20 Å². The molecule has 0 saturated heterocycles. The van der Waals surface area contributed by atoms with Crippen molar-refractivity contribution in [1.29, 1.82) is 0 Å². The van der Waals surface area contributed by atoms with Crippen molar-refractivity contribution in [3.8, 4) is 5.75 Å². The first-order valence-corrected chi connectivity index (χ1v) is 7.79. The number of pyridine rings is 1. The summed E-state index contributed by atoms with van der Waals surface area (Å²) in [6, 6.07) is -0.282. The minimum atomic E-state index is -1.86. The minimum absolute atomic E-state index is 0.282. The maximum atomic E-state index is 14.5. The highest BCUT2D eigenvalue weighted by atomic mass is 19.2. The summed E-state index contributed by atoms with van der Waals surface area (Å²) in [5, 5.41) is 19.7. The summed E-state index contributed by atoms with van der Waals surface area (Å²) in [6.45, 7) is 3.07. The minimum Gasteiger partial charge on any atom is -0.486 e. The number of carbonyl (C=O) groups is 1. The number of benzene rings is 1. The number of hydrogen-bond acceptors (Lipinski definition) is 5. The number of nitro groups is 1. The van der Waals surface area contributed by atoms with Crippen LogP contribution in [-0.4, -0.2) is 26.7 Å². The lowest BCUT2D eigenvalue weighted by molar-refractivity contribution is -0.386. The summed E-state index contributed by atoms with van der Waals surface area (Å²) in [5.74, 6) is -5.70. The van der Waals surface area contributed by atoms with E-state index in [1.54, 1.807) is 0 Å². The molecule has 3 rings (SSSR count). The van der Waals surface area contributed by atoms with Crippen LogP contribution in [0.5, 0.6) is 5.75 Å². The number of nitrogens with zero attached hydrogens (tertiary/aromatic N) is 2. The van der Waals surface area contributed by atoms with Crippen LogP contribution in [0, 0.1) is 21.7 Å². The molecule has 26 heavy (non-hydrogen) atoms. The van der Waals surface area contributed by atoms with E-state index >= 15 is 0 Å². The Morgan fingerprint density at radius 2 is 2.00 bits per heavy atom. The monoisotopic (exact) mass is 368 g/mol. The van der Waals surface area contributed by atoms with Gasteiger partial charge in [-0.15, -0.1) is 0 Å². The molecule has 0 radical (unpaired) electrons. The molecule has 1 aromatic heterocycles. The van der Waals surface area contributed by atoms with Gasteiger partial charge in [-0.25, -0.2) is 4.79 Å². The number of aromatic carboxylic acids is 1. The van der Waals surface area contributed by atoms with E-state index in [9.17, 15) is 33.6 Å². The van der Waals surface area contributed by atoms with E-state index < -0.39 is 56.4 Å². The molecule has 1 aliphatic rings. The Balaban J connectivity index is 2.61. The summed E-state index contributed by atoms with van der Waals surface area (Å²) < 4.78 is 35.5. The van der Waals surface area contributed by atoms with Gasteiger partial charge in [0.05, 0.1) is 11.0 Å². The number of halogens is 2. The molecule has 0 amide bonds. The standard InChI is InChI=1S/C16H14F2N2O6/c1-6(2)26-15-11(18)10(17)12(20(24)25)9-13(15)19(7-3-4-7)5-8(14(9)21)16(22)23/h5-7H,3-4H2,1-2H3,(H,22,23). The number of fused-ring (bicyclic) bond motifs is 1. The molecule has 0 spiro atoms. The molecular weight excluding hydrogens is 354 g/mol. The number of aromatic nitrogens is 1. The summed E-state index contributed by atoms with van der Waals surface area (Å²) in [5.41, 5.74) is -3.71. The normalized spacial score (nSPS) is 14.0. The maximum Gasteiger partial charge on any atom is 0.341 e. The topological polar surface area (TPSA) is 112 Å². The third-order valence-electron chi connectivity index (χ3n) is 3.99. The van der Waals surface area contributed by atoms with Crippen molar-refractivity contribution < 1.29 is 28.3 Å². The van der Waals surface area contributed by atoms with Crippen LogP contribution < -0.4 is 10.2 Å². The summed E-state index contributed by atoms with van der Waals surface area (Å²) >= 11 is 0. The predicted octanol–water partition coefficient (Wildman–Crippen LogP) is 3.01. The van der Waals surface area contributed by atoms with Gasteiger partial charge >= 0.3 is 11.7 Å². The quantitative estimate of drug-likeness (QED) is 0.641. The number of carboxylic acids is 1. The summed E-state index contributed by atoms with van der Waals surface area (Å²) in [7, 11) is 0. The SMILES string of the molecule is CC(C)Oc1c(F)c(F)c([N+](=O)[O-])c2c(=O)c(C(=O)O)cn(C3CC3)c12. The Hall–Kier alpha value is -3.04. The lowest BCUT2D eigenvalue weighted by Gasteiger charge is -2.18. The van der Waals surface area contributed by atoms with E-state index in [-0.39, 0.29) is 11.6 Å². The third-order valence-corrected chi connectivity index (χ3v) is 3.99. The molecule has 1 fully saturated rings. The van der Waals surface area contributed by atoms with Gasteiger partial charge in [-0.3, -0.25) is 14.9 Å². The molecule has 1 N–H and O–H groups in total. The lowest BCUT2D eigenvalue weighted by atomic mass is 10.1. The maximum absolute atomic E-state index is 14.5. The van der Waals surface area contributed by atoms with Crippen LogP contribution in [0.25, 0.3) is 10.9 Å². The molecule has 1 heterocycles. The number of carboxylic acid groups (broad SMARTS) is 1. The zero-order valence-electron chi connectivity index (χ0n) is 13.8. The van der Waals surface area contributed by atoms with Gasteiger partial charge in [-0.1, -0.05) is 0 Å². The fraction of sp³-hybridized carbons (Fsp3) is 0.375. The highest BCUT2D eigenvalue weighted by Gasteiger charge is 2.36. The highest BCUT2D eigenvalue weighted by molar-refractivity contribution is 5.99. The van der Waals surface area contributed by atoms with E-state index in [2.05, 4.69) is 0 Å². The van der Waals surface area contributed by atoms with E-state index in [0.29, 0.717) is 12.8 Å². The molecule has 0 bridgehead atoms. The van der Waals surface area contributed by atoms with E-state index in [1.807, 2.05) is 0 Å². The highest BCUT2D eigenvalue weighted by Crippen LogP contribution is 2.43. The van der Waals surface area contributed by atoms with Crippen LogP contribution in [0.2, 0.25) is 0 Å². The van der Waals surface area contributed by atoms with Crippen molar-refractivity contribution in [2.45, 2.75) is 38.8 Å². The van der Waals surface area contributed by atoms with Crippen LogP contribution in [-0.2, 0) is 0 Å². The molecule has 1 saturated carbocycles.